The van der Waals surface area contributed by atoms with Crippen LogP contribution < -0.4 is 0 Å². The van der Waals surface area contributed by atoms with Crippen molar-refractivity contribution < 1.29 is 4.52 Å². The van der Waals surface area contributed by atoms with E-state index >= 15 is 0 Å². The Balaban J connectivity index is 1.51. The molecule has 1 atom stereocenters. The summed E-state index contributed by atoms with van der Waals surface area (Å²) >= 11 is 0. The third-order valence-electron chi connectivity index (χ3n) is 4.81. The topological polar surface area (TPSA) is 89.0 Å². The Labute approximate surface area is 148 Å². The van der Waals surface area contributed by atoms with E-state index in [0.717, 1.165) is 70.2 Å². The maximum atomic E-state index is 5.39. The predicted molar refractivity (Wildman–Crippen MR) is 91.7 cm³/mol. The Bertz CT molecular complexity index is 646. The fraction of sp³-hybridized carbons (Fsp3) is 0.812. The molecule has 25 heavy (non-hydrogen) atoms. The number of unbranched alkanes of at least 4 members (excludes halogenated alkanes) is 1. The molecule has 0 saturated carbocycles. The molecule has 3 heterocycles. The van der Waals surface area contributed by atoms with Crippen LogP contribution >= 0.6 is 0 Å². The van der Waals surface area contributed by atoms with Crippen molar-refractivity contribution in [3.05, 3.63) is 17.5 Å². The van der Waals surface area contributed by atoms with Gasteiger partial charge in [0.05, 0.1) is 12.6 Å². The minimum absolute atomic E-state index is 0.157. The van der Waals surface area contributed by atoms with E-state index in [4.69, 9.17) is 4.52 Å². The molecule has 138 valence electrons. The number of aryl methyl sites for hydroxylation is 2. The molecule has 9 nitrogen and oxygen atoms in total. The Morgan fingerprint density at radius 3 is 2.64 bits per heavy atom. The molecule has 1 fully saturated rings. The van der Waals surface area contributed by atoms with Crippen molar-refractivity contribution >= 4 is 0 Å². The van der Waals surface area contributed by atoms with Gasteiger partial charge in [0.15, 0.2) is 11.6 Å². The summed E-state index contributed by atoms with van der Waals surface area (Å²) in [5, 5.41) is 16.1. The number of piperazine rings is 1. The SMILES string of the molecule is CCCCn1nnnc1CN1CCN(C(C)c2nc(CC)no2)CC1. The van der Waals surface area contributed by atoms with Crippen molar-refractivity contribution in [1.29, 1.82) is 0 Å². The lowest BCUT2D eigenvalue weighted by molar-refractivity contribution is 0.0822. The lowest BCUT2D eigenvalue weighted by Gasteiger charge is -2.36. The van der Waals surface area contributed by atoms with Crippen LogP contribution in [-0.2, 0) is 19.5 Å². The van der Waals surface area contributed by atoms with Gasteiger partial charge in [-0.25, -0.2) is 4.68 Å². The van der Waals surface area contributed by atoms with Crippen molar-refractivity contribution in [3.63, 3.8) is 0 Å². The summed E-state index contributed by atoms with van der Waals surface area (Å²) in [5.74, 6) is 2.45. The molecule has 1 saturated heterocycles. The van der Waals surface area contributed by atoms with E-state index in [2.05, 4.69) is 49.3 Å². The van der Waals surface area contributed by atoms with Crippen LogP contribution in [0.15, 0.2) is 4.52 Å². The van der Waals surface area contributed by atoms with Crippen molar-refractivity contribution in [2.75, 3.05) is 26.2 Å². The molecular formula is C16H28N8O. The minimum atomic E-state index is 0.157. The maximum absolute atomic E-state index is 5.39. The first-order chi connectivity index (χ1) is 12.2. The number of rotatable bonds is 8. The Morgan fingerprint density at radius 1 is 1.16 bits per heavy atom. The molecule has 2 aromatic rings. The monoisotopic (exact) mass is 348 g/mol. The zero-order valence-electron chi connectivity index (χ0n) is 15.4. The van der Waals surface area contributed by atoms with Crippen molar-refractivity contribution in [2.24, 2.45) is 0 Å². The molecule has 0 spiro atoms. The van der Waals surface area contributed by atoms with Crippen LogP contribution in [0, 0.1) is 0 Å². The first-order valence-electron chi connectivity index (χ1n) is 9.25. The van der Waals surface area contributed by atoms with Crippen LogP contribution in [0.4, 0.5) is 0 Å². The van der Waals surface area contributed by atoms with Crippen LogP contribution in [0.3, 0.4) is 0 Å². The van der Waals surface area contributed by atoms with Crippen molar-refractivity contribution in [2.45, 2.75) is 59.2 Å². The molecule has 0 aromatic carbocycles. The molecule has 0 N–H and O–H groups in total. The van der Waals surface area contributed by atoms with Crippen LogP contribution in [-0.4, -0.2) is 66.3 Å². The molecule has 2 aromatic heterocycles. The summed E-state index contributed by atoms with van der Waals surface area (Å²) in [7, 11) is 0. The lowest BCUT2D eigenvalue weighted by Crippen LogP contribution is -2.47. The number of aromatic nitrogens is 6. The van der Waals surface area contributed by atoms with E-state index in [-0.39, 0.29) is 6.04 Å². The molecule has 0 bridgehead atoms. The molecule has 0 aliphatic carbocycles. The summed E-state index contributed by atoms with van der Waals surface area (Å²) in [6.07, 6.45) is 3.05. The number of hydrogen-bond donors (Lipinski definition) is 0. The van der Waals surface area contributed by atoms with E-state index in [1.807, 2.05) is 11.6 Å². The van der Waals surface area contributed by atoms with Crippen LogP contribution in [0.1, 0.15) is 57.2 Å². The molecular weight excluding hydrogens is 320 g/mol. The van der Waals surface area contributed by atoms with Gasteiger partial charge in [-0.2, -0.15) is 4.98 Å². The Kier molecular flexibility index (Phi) is 6.09. The van der Waals surface area contributed by atoms with E-state index < -0.39 is 0 Å². The third-order valence-corrected chi connectivity index (χ3v) is 4.81. The zero-order chi connectivity index (χ0) is 17.6. The quantitative estimate of drug-likeness (QED) is 0.705. The zero-order valence-corrected chi connectivity index (χ0v) is 15.4. The lowest BCUT2D eigenvalue weighted by atomic mass is 10.2. The highest BCUT2D eigenvalue weighted by Gasteiger charge is 2.26. The average molecular weight is 348 g/mol. The first kappa shape index (κ1) is 17.9. The summed E-state index contributed by atoms with van der Waals surface area (Å²) in [6, 6.07) is 0.157. The predicted octanol–water partition coefficient (Wildman–Crippen LogP) is 1.30. The minimum Gasteiger partial charge on any atom is -0.338 e. The van der Waals surface area contributed by atoms with Gasteiger partial charge in [0.25, 0.3) is 0 Å². The largest absolute Gasteiger partial charge is 0.338 e. The fourth-order valence-electron chi connectivity index (χ4n) is 3.06. The summed E-state index contributed by atoms with van der Waals surface area (Å²) < 4.78 is 7.32. The van der Waals surface area contributed by atoms with Crippen molar-refractivity contribution in [1.82, 2.24) is 40.1 Å². The van der Waals surface area contributed by atoms with Gasteiger partial charge >= 0.3 is 0 Å². The molecule has 9 heteroatoms. The summed E-state index contributed by atoms with van der Waals surface area (Å²) in [4.78, 5) is 9.26. The molecule has 0 radical (unpaired) electrons. The van der Waals surface area contributed by atoms with Crippen LogP contribution in [0.25, 0.3) is 0 Å². The maximum Gasteiger partial charge on any atom is 0.243 e. The Hall–Kier alpha value is -1.87. The van der Waals surface area contributed by atoms with Gasteiger partial charge in [-0.05, 0) is 23.8 Å². The fourth-order valence-corrected chi connectivity index (χ4v) is 3.06. The van der Waals surface area contributed by atoms with Gasteiger partial charge in [0, 0.05) is 39.1 Å². The second-order valence-corrected chi connectivity index (χ2v) is 6.56. The van der Waals surface area contributed by atoms with Gasteiger partial charge in [0.2, 0.25) is 5.89 Å². The molecule has 1 aliphatic rings. The highest BCUT2D eigenvalue weighted by atomic mass is 16.5. The van der Waals surface area contributed by atoms with Gasteiger partial charge in [0.1, 0.15) is 0 Å². The summed E-state index contributed by atoms with van der Waals surface area (Å²) in [5.41, 5.74) is 0. The summed E-state index contributed by atoms with van der Waals surface area (Å²) in [6.45, 7) is 12.0. The van der Waals surface area contributed by atoms with E-state index in [0.29, 0.717) is 5.89 Å². The Morgan fingerprint density at radius 2 is 1.96 bits per heavy atom. The van der Waals surface area contributed by atoms with Crippen molar-refractivity contribution in [3.8, 4) is 0 Å². The smallest absolute Gasteiger partial charge is 0.243 e. The van der Waals surface area contributed by atoms with E-state index in [9.17, 15) is 0 Å². The second kappa shape index (κ2) is 8.48. The van der Waals surface area contributed by atoms with Crippen LogP contribution in [0.5, 0.6) is 0 Å². The molecule has 0 amide bonds. The van der Waals surface area contributed by atoms with Gasteiger partial charge in [-0.3, -0.25) is 9.80 Å². The highest BCUT2D eigenvalue weighted by molar-refractivity contribution is 4.93. The number of nitrogens with zero attached hydrogens (tertiary/aromatic N) is 8. The number of hydrogen-bond acceptors (Lipinski definition) is 8. The molecule has 1 aliphatic heterocycles. The van der Waals surface area contributed by atoms with Crippen LogP contribution in [0.2, 0.25) is 0 Å². The third kappa shape index (κ3) is 4.40. The standard InChI is InChI=1S/C16H28N8O/c1-4-6-7-24-15(18-20-21-24)12-22-8-10-23(11-9-22)13(3)16-17-14(5-2)19-25-16/h13H,4-12H2,1-3H3. The highest BCUT2D eigenvalue weighted by Crippen LogP contribution is 2.20. The molecule has 1 unspecified atom stereocenters. The van der Waals surface area contributed by atoms with E-state index in [1.165, 1.54) is 0 Å². The second-order valence-electron chi connectivity index (χ2n) is 6.56. The van der Waals surface area contributed by atoms with E-state index in [1.54, 1.807) is 0 Å². The molecule has 3 rings (SSSR count). The first-order valence-corrected chi connectivity index (χ1v) is 9.25. The number of tetrazole rings is 1. The average Bonchev–Trinajstić information content (AvgIpc) is 3.29. The van der Waals surface area contributed by atoms with Gasteiger partial charge in [-0.1, -0.05) is 25.4 Å². The van der Waals surface area contributed by atoms with Gasteiger partial charge < -0.3 is 4.52 Å². The van der Waals surface area contributed by atoms with Gasteiger partial charge in [-0.15, -0.1) is 5.10 Å². The normalized spacial score (nSPS) is 17.9.